The van der Waals surface area contributed by atoms with Crippen molar-refractivity contribution in [2.45, 2.75) is 19.4 Å². The summed E-state index contributed by atoms with van der Waals surface area (Å²) < 4.78 is 21.6. The Hall–Kier alpha value is -3.72. The average molecular weight is 448 g/mol. The minimum absolute atomic E-state index is 0.328. The maximum Gasteiger partial charge on any atom is 0.229 e. The maximum atomic E-state index is 14.3. The van der Waals surface area contributed by atoms with Crippen LogP contribution in [0.2, 0.25) is 0 Å². The van der Waals surface area contributed by atoms with E-state index in [9.17, 15) is 4.39 Å². The van der Waals surface area contributed by atoms with Gasteiger partial charge in [-0.25, -0.2) is 14.4 Å². The van der Waals surface area contributed by atoms with E-state index < -0.39 is 0 Å². The molecule has 0 unspecified atom stereocenters. The Balaban J connectivity index is 1.49. The molecule has 2 aromatic heterocycles. The number of ether oxygens (including phenoxy) is 1. The molecule has 1 aliphatic rings. The number of hydrogen-bond donors (Lipinski definition) is 3. The number of fused-ring (bicyclic) bond motifs is 1. The summed E-state index contributed by atoms with van der Waals surface area (Å²) in [5, 5.41) is 9.80. The lowest BCUT2D eigenvalue weighted by atomic mass is 9.98. The van der Waals surface area contributed by atoms with Gasteiger partial charge in [-0.2, -0.15) is 4.98 Å². The molecule has 0 atom stereocenters. The third-order valence-corrected chi connectivity index (χ3v) is 5.85. The first-order chi connectivity index (χ1) is 16.2. The molecule has 2 aromatic carbocycles. The Labute approximate surface area is 191 Å². The zero-order valence-electron chi connectivity index (χ0n) is 18.4. The molecular formula is C24H26FN7O. The number of piperidine rings is 1. The highest BCUT2D eigenvalue weighted by molar-refractivity contribution is 5.77. The maximum absolute atomic E-state index is 14.3. The van der Waals surface area contributed by atoms with Crippen molar-refractivity contribution in [2.24, 2.45) is 5.92 Å². The van der Waals surface area contributed by atoms with Gasteiger partial charge < -0.3 is 20.7 Å². The molecule has 0 bridgehead atoms. The Bertz CT molecular complexity index is 1240. The van der Waals surface area contributed by atoms with E-state index in [0.717, 1.165) is 43.9 Å². The first kappa shape index (κ1) is 21.1. The van der Waals surface area contributed by atoms with Crippen LogP contribution < -0.4 is 20.7 Å². The van der Waals surface area contributed by atoms with Crippen molar-refractivity contribution in [3.63, 3.8) is 0 Å². The highest BCUT2D eigenvalue weighted by atomic mass is 19.1. The second kappa shape index (κ2) is 9.41. The number of imidazole rings is 1. The SMILES string of the molecule is COc1ccc(Nc2ncc3nc(Nc4ccccc4F)n(CC4CCNCC4)c3n2)cc1. The summed E-state index contributed by atoms with van der Waals surface area (Å²) in [7, 11) is 1.63. The molecule has 1 fully saturated rings. The van der Waals surface area contributed by atoms with Crippen molar-refractivity contribution >= 4 is 34.4 Å². The van der Waals surface area contributed by atoms with Crippen molar-refractivity contribution in [1.82, 2.24) is 24.8 Å². The molecular weight excluding hydrogens is 421 g/mol. The van der Waals surface area contributed by atoms with Gasteiger partial charge in [-0.1, -0.05) is 12.1 Å². The molecule has 0 radical (unpaired) electrons. The van der Waals surface area contributed by atoms with Gasteiger partial charge in [0.25, 0.3) is 0 Å². The van der Waals surface area contributed by atoms with Gasteiger partial charge in [0.2, 0.25) is 11.9 Å². The third kappa shape index (κ3) is 4.73. The number of nitrogens with zero attached hydrogens (tertiary/aromatic N) is 4. The van der Waals surface area contributed by atoms with Crippen molar-refractivity contribution in [1.29, 1.82) is 0 Å². The van der Waals surface area contributed by atoms with Crippen molar-refractivity contribution in [3.05, 3.63) is 60.5 Å². The topological polar surface area (TPSA) is 88.9 Å². The van der Waals surface area contributed by atoms with E-state index in [-0.39, 0.29) is 5.82 Å². The summed E-state index contributed by atoms with van der Waals surface area (Å²) in [4.78, 5) is 13.9. The number of aromatic nitrogens is 4. The van der Waals surface area contributed by atoms with Crippen LogP contribution in [0, 0.1) is 11.7 Å². The molecule has 3 heterocycles. The monoisotopic (exact) mass is 447 g/mol. The van der Waals surface area contributed by atoms with Crippen LogP contribution in [0.1, 0.15) is 12.8 Å². The van der Waals surface area contributed by atoms with Crippen molar-refractivity contribution in [3.8, 4) is 5.75 Å². The molecule has 1 saturated heterocycles. The standard InChI is InChI=1S/C24H26FN7O/c1-33-18-8-6-17(7-9-18)28-23-27-14-21-22(31-23)32(15-16-10-12-26-13-11-16)24(30-21)29-20-5-3-2-4-19(20)25/h2-9,14,16,26H,10-13,15H2,1H3,(H,29,30)(H,27,28,31). The molecule has 8 nitrogen and oxygen atoms in total. The molecule has 170 valence electrons. The second-order valence-electron chi connectivity index (χ2n) is 8.10. The number of anilines is 4. The minimum atomic E-state index is -0.328. The van der Waals surface area contributed by atoms with Gasteiger partial charge in [0.1, 0.15) is 17.1 Å². The lowest BCUT2D eigenvalue weighted by molar-refractivity contribution is 0.337. The van der Waals surface area contributed by atoms with E-state index in [0.29, 0.717) is 34.7 Å². The Morgan fingerprint density at radius 2 is 1.85 bits per heavy atom. The molecule has 5 rings (SSSR count). The molecule has 0 aliphatic carbocycles. The van der Waals surface area contributed by atoms with Gasteiger partial charge in [-0.3, -0.25) is 4.57 Å². The highest BCUT2D eigenvalue weighted by Crippen LogP contribution is 2.27. The van der Waals surface area contributed by atoms with Crippen LogP contribution in [0.25, 0.3) is 11.2 Å². The molecule has 1 aliphatic heterocycles. The molecule has 0 spiro atoms. The molecule has 9 heteroatoms. The number of benzene rings is 2. The zero-order valence-corrected chi connectivity index (χ0v) is 18.4. The highest BCUT2D eigenvalue weighted by Gasteiger charge is 2.20. The number of methoxy groups -OCH3 is 1. The van der Waals surface area contributed by atoms with E-state index in [1.165, 1.54) is 6.07 Å². The molecule has 0 saturated carbocycles. The number of para-hydroxylation sites is 1. The smallest absolute Gasteiger partial charge is 0.229 e. The summed E-state index contributed by atoms with van der Waals surface area (Å²) in [5.41, 5.74) is 2.59. The summed E-state index contributed by atoms with van der Waals surface area (Å²) in [5.74, 6) is 1.96. The van der Waals surface area contributed by atoms with Crippen LogP contribution in [0.4, 0.5) is 27.7 Å². The van der Waals surface area contributed by atoms with E-state index in [1.54, 1.807) is 31.5 Å². The Morgan fingerprint density at radius 1 is 1.06 bits per heavy atom. The van der Waals surface area contributed by atoms with Crippen LogP contribution in [0.5, 0.6) is 5.75 Å². The van der Waals surface area contributed by atoms with Crippen LogP contribution in [-0.2, 0) is 6.54 Å². The Kier molecular flexibility index (Phi) is 6.03. The van der Waals surface area contributed by atoms with E-state index >= 15 is 0 Å². The van der Waals surface area contributed by atoms with Crippen LogP contribution >= 0.6 is 0 Å². The summed E-state index contributed by atoms with van der Waals surface area (Å²) >= 11 is 0. The van der Waals surface area contributed by atoms with Crippen LogP contribution in [0.15, 0.2) is 54.7 Å². The quantitative estimate of drug-likeness (QED) is 0.385. The summed E-state index contributed by atoms with van der Waals surface area (Å²) in [6.45, 7) is 2.73. The normalized spacial score (nSPS) is 14.4. The van der Waals surface area contributed by atoms with Crippen LogP contribution in [0.3, 0.4) is 0 Å². The zero-order chi connectivity index (χ0) is 22.6. The van der Waals surface area contributed by atoms with Gasteiger partial charge in [-0.15, -0.1) is 0 Å². The van der Waals surface area contributed by atoms with Gasteiger partial charge in [0.15, 0.2) is 5.65 Å². The first-order valence-electron chi connectivity index (χ1n) is 11.1. The number of nitrogens with one attached hydrogen (secondary N) is 3. The summed E-state index contributed by atoms with van der Waals surface area (Å²) in [6.07, 6.45) is 3.83. The van der Waals surface area contributed by atoms with E-state index in [2.05, 4.69) is 25.9 Å². The Morgan fingerprint density at radius 3 is 2.61 bits per heavy atom. The van der Waals surface area contributed by atoms with E-state index in [4.69, 9.17) is 9.72 Å². The largest absolute Gasteiger partial charge is 0.497 e. The average Bonchev–Trinajstić information content (AvgIpc) is 3.18. The van der Waals surface area contributed by atoms with Crippen LogP contribution in [-0.4, -0.2) is 39.7 Å². The van der Waals surface area contributed by atoms with Crippen molar-refractivity contribution in [2.75, 3.05) is 30.8 Å². The van der Waals surface area contributed by atoms with E-state index in [1.807, 2.05) is 28.8 Å². The third-order valence-electron chi connectivity index (χ3n) is 5.85. The second-order valence-corrected chi connectivity index (χ2v) is 8.10. The van der Waals surface area contributed by atoms with Gasteiger partial charge in [0.05, 0.1) is 19.0 Å². The minimum Gasteiger partial charge on any atom is -0.497 e. The molecule has 4 aromatic rings. The molecule has 33 heavy (non-hydrogen) atoms. The fourth-order valence-electron chi connectivity index (χ4n) is 4.06. The number of rotatable bonds is 7. The molecule has 3 N–H and O–H groups in total. The number of hydrogen-bond acceptors (Lipinski definition) is 7. The van der Waals surface area contributed by atoms with Crippen molar-refractivity contribution < 1.29 is 9.13 Å². The van der Waals surface area contributed by atoms with Gasteiger partial charge in [0, 0.05) is 12.2 Å². The predicted molar refractivity (Wildman–Crippen MR) is 127 cm³/mol. The lowest BCUT2D eigenvalue weighted by Crippen LogP contribution is -2.30. The van der Waals surface area contributed by atoms with Gasteiger partial charge >= 0.3 is 0 Å². The van der Waals surface area contributed by atoms with Gasteiger partial charge in [-0.05, 0) is 68.2 Å². The number of halogens is 1. The summed E-state index contributed by atoms with van der Waals surface area (Å²) in [6, 6.07) is 14.2. The first-order valence-corrected chi connectivity index (χ1v) is 11.1. The lowest BCUT2D eigenvalue weighted by Gasteiger charge is -2.24. The fraction of sp³-hybridized carbons (Fsp3) is 0.292. The molecule has 0 amide bonds. The fourth-order valence-corrected chi connectivity index (χ4v) is 4.06. The predicted octanol–water partition coefficient (Wildman–Crippen LogP) is 4.46.